The number of esters is 1. The lowest BCUT2D eigenvalue weighted by atomic mass is 10.1. The van der Waals surface area contributed by atoms with E-state index in [0.717, 1.165) is 0 Å². The Morgan fingerprint density at radius 2 is 2.00 bits per heavy atom. The van der Waals surface area contributed by atoms with Gasteiger partial charge in [-0.15, -0.1) is 6.58 Å². The van der Waals surface area contributed by atoms with Gasteiger partial charge in [-0.3, -0.25) is 14.9 Å². The second kappa shape index (κ2) is 10.2. The highest BCUT2D eigenvalue weighted by atomic mass is 16.6. The fourth-order valence-electron chi connectivity index (χ4n) is 2.39. The number of carbonyl (C=O) groups excluding carboxylic acids is 2. The zero-order valence-electron chi connectivity index (χ0n) is 16.0. The zero-order chi connectivity index (χ0) is 22.1. The van der Waals surface area contributed by atoms with Gasteiger partial charge in [-0.25, -0.2) is 4.79 Å². The third-order valence-electron chi connectivity index (χ3n) is 3.79. The van der Waals surface area contributed by atoms with E-state index in [4.69, 9.17) is 9.47 Å². The van der Waals surface area contributed by atoms with Gasteiger partial charge in [0.15, 0.2) is 11.5 Å². The summed E-state index contributed by atoms with van der Waals surface area (Å²) >= 11 is 0. The summed E-state index contributed by atoms with van der Waals surface area (Å²) in [5, 5.41) is 22.8. The number of amides is 1. The van der Waals surface area contributed by atoms with Gasteiger partial charge in [0.25, 0.3) is 11.6 Å². The van der Waals surface area contributed by atoms with Gasteiger partial charge < -0.3 is 14.8 Å². The number of para-hydroxylation sites is 1. The van der Waals surface area contributed by atoms with E-state index < -0.39 is 16.8 Å². The molecular formula is C21H17N3O6. The van der Waals surface area contributed by atoms with Gasteiger partial charge in [0, 0.05) is 12.6 Å². The van der Waals surface area contributed by atoms with Gasteiger partial charge in [-0.1, -0.05) is 24.3 Å². The summed E-state index contributed by atoms with van der Waals surface area (Å²) in [5.74, 6) is -1.33. The summed E-state index contributed by atoms with van der Waals surface area (Å²) < 4.78 is 10.5. The van der Waals surface area contributed by atoms with E-state index in [-0.39, 0.29) is 34.9 Å². The Balaban J connectivity index is 2.30. The van der Waals surface area contributed by atoms with Crippen LogP contribution in [0.4, 0.5) is 5.69 Å². The number of hydrogen-bond donors (Lipinski definition) is 1. The number of nitriles is 1. The Labute approximate surface area is 172 Å². The molecular weight excluding hydrogens is 390 g/mol. The van der Waals surface area contributed by atoms with Crippen molar-refractivity contribution >= 4 is 23.6 Å². The molecule has 0 aromatic heterocycles. The molecule has 0 aliphatic heterocycles. The molecule has 0 aliphatic rings. The van der Waals surface area contributed by atoms with Gasteiger partial charge >= 0.3 is 5.97 Å². The second-order valence-electron chi connectivity index (χ2n) is 5.74. The largest absolute Gasteiger partial charge is 0.493 e. The molecule has 0 aliphatic carbocycles. The molecule has 0 atom stereocenters. The molecule has 1 amide bonds. The highest BCUT2D eigenvalue weighted by Crippen LogP contribution is 2.30. The van der Waals surface area contributed by atoms with Crippen LogP contribution in [0.25, 0.3) is 6.08 Å². The van der Waals surface area contributed by atoms with E-state index in [1.165, 1.54) is 61.7 Å². The monoisotopic (exact) mass is 407 g/mol. The maximum absolute atomic E-state index is 12.4. The van der Waals surface area contributed by atoms with Crippen LogP contribution in [0, 0.1) is 21.4 Å². The molecule has 2 aromatic carbocycles. The van der Waals surface area contributed by atoms with Gasteiger partial charge in [0.05, 0.1) is 12.0 Å². The number of carbonyl (C=O) groups is 2. The van der Waals surface area contributed by atoms with Crippen molar-refractivity contribution in [3.63, 3.8) is 0 Å². The summed E-state index contributed by atoms with van der Waals surface area (Å²) in [6.07, 6.45) is 2.82. The highest BCUT2D eigenvalue weighted by Gasteiger charge is 2.22. The minimum absolute atomic E-state index is 0.0208. The molecule has 0 bridgehead atoms. The van der Waals surface area contributed by atoms with Crippen LogP contribution in [0.5, 0.6) is 11.5 Å². The molecule has 0 radical (unpaired) electrons. The second-order valence-corrected chi connectivity index (χ2v) is 5.74. The zero-order valence-corrected chi connectivity index (χ0v) is 16.0. The SMILES string of the molecule is C=CCNC(=O)/C(C#N)=C/c1ccc(OC(=O)c2ccccc2[N+](=O)[O-])c(OC)c1. The van der Waals surface area contributed by atoms with E-state index in [1.807, 2.05) is 0 Å². The number of methoxy groups -OCH3 is 1. The first kappa shape index (κ1) is 21.8. The molecule has 0 saturated heterocycles. The van der Waals surface area contributed by atoms with E-state index in [9.17, 15) is 25.0 Å². The Bertz CT molecular complexity index is 1070. The van der Waals surface area contributed by atoms with Crippen molar-refractivity contribution in [3.8, 4) is 17.6 Å². The molecule has 0 saturated carbocycles. The summed E-state index contributed by atoms with van der Waals surface area (Å²) in [4.78, 5) is 34.8. The van der Waals surface area contributed by atoms with E-state index in [2.05, 4.69) is 11.9 Å². The van der Waals surface area contributed by atoms with Crippen LogP contribution >= 0.6 is 0 Å². The van der Waals surface area contributed by atoms with Crippen LogP contribution in [0.15, 0.2) is 60.7 Å². The number of rotatable bonds is 8. The van der Waals surface area contributed by atoms with Crippen molar-refractivity contribution in [2.45, 2.75) is 0 Å². The molecule has 0 heterocycles. The summed E-state index contributed by atoms with van der Waals surface area (Å²) in [6.45, 7) is 3.69. The number of nitrogens with zero attached hydrogens (tertiary/aromatic N) is 2. The van der Waals surface area contributed by atoms with Crippen molar-refractivity contribution in [1.29, 1.82) is 5.26 Å². The highest BCUT2D eigenvalue weighted by molar-refractivity contribution is 6.01. The summed E-state index contributed by atoms with van der Waals surface area (Å²) in [5.41, 5.74) is -0.282. The van der Waals surface area contributed by atoms with Gasteiger partial charge in [0.2, 0.25) is 0 Å². The normalized spacial score (nSPS) is 10.5. The van der Waals surface area contributed by atoms with Crippen LogP contribution < -0.4 is 14.8 Å². The van der Waals surface area contributed by atoms with Crippen molar-refractivity contribution in [1.82, 2.24) is 5.32 Å². The summed E-state index contributed by atoms with van der Waals surface area (Å²) in [6, 6.07) is 11.6. The summed E-state index contributed by atoms with van der Waals surface area (Å²) in [7, 11) is 1.34. The molecule has 1 N–H and O–H groups in total. The Morgan fingerprint density at radius 3 is 2.63 bits per heavy atom. The predicted molar refractivity (Wildman–Crippen MR) is 108 cm³/mol. The van der Waals surface area contributed by atoms with Crippen LogP contribution in [-0.4, -0.2) is 30.5 Å². The molecule has 0 spiro atoms. The average Bonchev–Trinajstić information content (AvgIpc) is 2.76. The van der Waals surface area contributed by atoms with Gasteiger partial charge in [0.1, 0.15) is 17.2 Å². The fraction of sp³-hybridized carbons (Fsp3) is 0.0952. The quantitative estimate of drug-likeness (QED) is 0.135. The van der Waals surface area contributed by atoms with Crippen LogP contribution in [-0.2, 0) is 4.79 Å². The number of ether oxygens (including phenoxy) is 2. The number of nitro benzene ring substituents is 1. The Hall–Kier alpha value is -4.45. The molecule has 0 unspecified atom stereocenters. The lowest BCUT2D eigenvalue weighted by molar-refractivity contribution is -0.385. The minimum Gasteiger partial charge on any atom is -0.493 e. The first-order valence-corrected chi connectivity index (χ1v) is 8.55. The molecule has 0 fully saturated rings. The lowest BCUT2D eigenvalue weighted by Gasteiger charge is -2.10. The van der Waals surface area contributed by atoms with Crippen molar-refractivity contribution in [2.75, 3.05) is 13.7 Å². The van der Waals surface area contributed by atoms with Crippen molar-refractivity contribution in [3.05, 3.63) is 81.9 Å². The van der Waals surface area contributed by atoms with Crippen LogP contribution in [0.1, 0.15) is 15.9 Å². The van der Waals surface area contributed by atoms with Crippen LogP contribution in [0.3, 0.4) is 0 Å². The topological polar surface area (TPSA) is 132 Å². The van der Waals surface area contributed by atoms with E-state index in [0.29, 0.717) is 5.56 Å². The van der Waals surface area contributed by atoms with Gasteiger partial charge in [-0.05, 0) is 29.8 Å². The van der Waals surface area contributed by atoms with Crippen molar-refractivity contribution < 1.29 is 24.0 Å². The van der Waals surface area contributed by atoms with E-state index >= 15 is 0 Å². The smallest absolute Gasteiger partial charge is 0.350 e. The first-order chi connectivity index (χ1) is 14.4. The molecule has 2 aromatic rings. The molecule has 152 valence electrons. The average molecular weight is 407 g/mol. The number of nitrogens with one attached hydrogen (secondary N) is 1. The standard InChI is InChI=1S/C21H17N3O6/c1-3-10-23-20(25)15(13-22)11-14-8-9-18(19(12-14)29-2)30-21(26)16-6-4-5-7-17(16)24(27)28/h3-9,11-12H,1,10H2,2H3,(H,23,25)/b15-11+. The van der Waals surface area contributed by atoms with Crippen molar-refractivity contribution in [2.24, 2.45) is 0 Å². The third kappa shape index (κ3) is 5.30. The Kier molecular flexibility index (Phi) is 7.42. The molecule has 30 heavy (non-hydrogen) atoms. The lowest BCUT2D eigenvalue weighted by Crippen LogP contribution is -2.24. The molecule has 2 rings (SSSR count). The third-order valence-corrected chi connectivity index (χ3v) is 3.79. The minimum atomic E-state index is -0.926. The number of hydrogen-bond acceptors (Lipinski definition) is 7. The maximum Gasteiger partial charge on any atom is 0.350 e. The Morgan fingerprint density at radius 1 is 1.27 bits per heavy atom. The first-order valence-electron chi connectivity index (χ1n) is 8.55. The van der Waals surface area contributed by atoms with Crippen LogP contribution in [0.2, 0.25) is 0 Å². The predicted octanol–water partition coefficient (Wildman–Crippen LogP) is 3.03. The molecule has 9 heteroatoms. The maximum atomic E-state index is 12.4. The number of benzene rings is 2. The van der Waals surface area contributed by atoms with Gasteiger partial charge in [-0.2, -0.15) is 5.26 Å². The number of nitro groups is 1. The fourth-order valence-corrected chi connectivity index (χ4v) is 2.39. The molecule has 9 nitrogen and oxygen atoms in total. The van der Waals surface area contributed by atoms with E-state index in [1.54, 1.807) is 6.07 Å².